The molecular formula is C14H17NO4. The number of ketones is 1. The molecule has 0 saturated carbocycles. The average Bonchev–Trinajstić information content (AvgIpc) is 2.78. The molecule has 1 aromatic rings. The van der Waals surface area contributed by atoms with E-state index in [1.165, 1.54) is 0 Å². The quantitative estimate of drug-likeness (QED) is 0.834. The van der Waals surface area contributed by atoms with Gasteiger partial charge in [0.2, 0.25) is 0 Å². The molecule has 1 aromatic carbocycles. The van der Waals surface area contributed by atoms with Crippen molar-refractivity contribution in [3.63, 3.8) is 0 Å². The molecule has 2 rings (SSSR count). The summed E-state index contributed by atoms with van der Waals surface area (Å²) >= 11 is 0. The van der Waals surface area contributed by atoms with E-state index in [4.69, 9.17) is 9.84 Å². The summed E-state index contributed by atoms with van der Waals surface area (Å²) in [5, 5.41) is 11.8. The summed E-state index contributed by atoms with van der Waals surface area (Å²) in [6.45, 7) is 0.307. The molecule has 0 spiro atoms. The zero-order valence-corrected chi connectivity index (χ0v) is 10.8. The van der Waals surface area contributed by atoms with E-state index in [0.717, 1.165) is 11.3 Å². The van der Waals surface area contributed by atoms with Gasteiger partial charge in [-0.2, -0.15) is 0 Å². The Morgan fingerprint density at radius 3 is 2.68 bits per heavy atom. The van der Waals surface area contributed by atoms with Gasteiger partial charge in [0, 0.05) is 12.5 Å². The smallest absolute Gasteiger partial charge is 0.303 e. The van der Waals surface area contributed by atoms with Crippen LogP contribution in [0.25, 0.3) is 0 Å². The molecule has 0 radical (unpaired) electrons. The van der Waals surface area contributed by atoms with E-state index in [1.807, 2.05) is 24.3 Å². The van der Waals surface area contributed by atoms with Crippen LogP contribution in [0.5, 0.6) is 5.75 Å². The Morgan fingerprint density at radius 1 is 1.42 bits per heavy atom. The van der Waals surface area contributed by atoms with Crippen LogP contribution < -0.4 is 10.1 Å². The third-order valence-corrected chi connectivity index (χ3v) is 3.43. The molecule has 1 unspecified atom stereocenters. The van der Waals surface area contributed by atoms with E-state index in [9.17, 15) is 9.59 Å². The zero-order valence-electron chi connectivity index (χ0n) is 10.8. The number of hydrogen-bond acceptors (Lipinski definition) is 4. The van der Waals surface area contributed by atoms with Gasteiger partial charge in [0.1, 0.15) is 5.75 Å². The van der Waals surface area contributed by atoms with Crippen molar-refractivity contribution in [3.8, 4) is 5.75 Å². The second-order valence-corrected chi connectivity index (χ2v) is 4.64. The van der Waals surface area contributed by atoms with E-state index >= 15 is 0 Å². The van der Waals surface area contributed by atoms with Crippen LogP contribution in [0.1, 0.15) is 24.3 Å². The number of carbonyl (C=O) groups excluding carboxylic acids is 1. The molecule has 2 N–H and O–H groups in total. The van der Waals surface area contributed by atoms with Gasteiger partial charge < -0.3 is 15.2 Å². The van der Waals surface area contributed by atoms with Gasteiger partial charge in [-0.15, -0.1) is 0 Å². The molecule has 1 aliphatic heterocycles. The predicted molar refractivity (Wildman–Crippen MR) is 69.4 cm³/mol. The van der Waals surface area contributed by atoms with Crippen LogP contribution in [0.3, 0.4) is 0 Å². The van der Waals surface area contributed by atoms with E-state index in [-0.39, 0.29) is 24.2 Å². The molecule has 0 amide bonds. The third-order valence-electron chi connectivity index (χ3n) is 3.43. The first-order valence-corrected chi connectivity index (χ1v) is 6.23. The molecule has 5 heteroatoms. The first-order chi connectivity index (χ1) is 9.11. The molecule has 2 atom stereocenters. The SMILES string of the molecule is COc1ccc(C2C(=O)CN[C@H]2CCC(=O)O)cc1. The maximum Gasteiger partial charge on any atom is 0.303 e. The average molecular weight is 263 g/mol. The predicted octanol–water partition coefficient (Wildman–Crippen LogP) is 1.18. The third kappa shape index (κ3) is 3.12. The van der Waals surface area contributed by atoms with E-state index in [0.29, 0.717) is 13.0 Å². The molecule has 1 heterocycles. The van der Waals surface area contributed by atoms with Crippen molar-refractivity contribution in [1.29, 1.82) is 0 Å². The summed E-state index contributed by atoms with van der Waals surface area (Å²) in [4.78, 5) is 22.6. The topological polar surface area (TPSA) is 75.6 Å². The van der Waals surface area contributed by atoms with Gasteiger partial charge in [0.15, 0.2) is 5.78 Å². The van der Waals surface area contributed by atoms with Crippen LogP contribution in [0.4, 0.5) is 0 Å². The Morgan fingerprint density at radius 2 is 2.11 bits per heavy atom. The first-order valence-electron chi connectivity index (χ1n) is 6.23. The van der Waals surface area contributed by atoms with Crippen LogP contribution >= 0.6 is 0 Å². The van der Waals surface area contributed by atoms with Crippen molar-refractivity contribution in [2.24, 2.45) is 0 Å². The lowest BCUT2D eigenvalue weighted by Crippen LogP contribution is -2.27. The van der Waals surface area contributed by atoms with Crippen LogP contribution in [0.2, 0.25) is 0 Å². The summed E-state index contributed by atoms with van der Waals surface area (Å²) in [5.74, 6) is -0.246. The fourth-order valence-electron chi connectivity index (χ4n) is 2.46. The lowest BCUT2D eigenvalue weighted by Gasteiger charge is -2.18. The second-order valence-electron chi connectivity index (χ2n) is 4.64. The maximum atomic E-state index is 11.9. The van der Waals surface area contributed by atoms with Gasteiger partial charge in [-0.25, -0.2) is 0 Å². The van der Waals surface area contributed by atoms with E-state index in [2.05, 4.69) is 5.32 Å². The molecule has 0 bridgehead atoms. The Hall–Kier alpha value is -1.88. The summed E-state index contributed by atoms with van der Waals surface area (Å²) in [6, 6.07) is 7.26. The number of aliphatic carboxylic acids is 1. The summed E-state index contributed by atoms with van der Waals surface area (Å²) in [6.07, 6.45) is 0.523. The molecule has 1 saturated heterocycles. The van der Waals surface area contributed by atoms with Crippen LogP contribution in [0.15, 0.2) is 24.3 Å². The van der Waals surface area contributed by atoms with Crippen LogP contribution in [-0.2, 0) is 9.59 Å². The number of hydrogen-bond donors (Lipinski definition) is 2. The Bertz CT molecular complexity index is 469. The van der Waals surface area contributed by atoms with Gasteiger partial charge in [-0.1, -0.05) is 12.1 Å². The van der Waals surface area contributed by atoms with Crippen molar-refractivity contribution in [2.75, 3.05) is 13.7 Å². The van der Waals surface area contributed by atoms with Crippen molar-refractivity contribution >= 4 is 11.8 Å². The molecule has 19 heavy (non-hydrogen) atoms. The molecular weight excluding hydrogens is 246 g/mol. The molecule has 102 valence electrons. The van der Waals surface area contributed by atoms with Crippen LogP contribution in [0, 0.1) is 0 Å². The number of nitrogens with one attached hydrogen (secondary N) is 1. The summed E-state index contributed by atoms with van der Waals surface area (Å²) in [5.41, 5.74) is 0.909. The second kappa shape index (κ2) is 5.84. The summed E-state index contributed by atoms with van der Waals surface area (Å²) < 4.78 is 5.09. The van der Waals surface area contributed by atoms with Gasteiger partial charge in [-0.3, -0.25) is 9.59 Å². The van der Waals surface area contributed by atoms with Crippen molar-refractivity contribution in [1.82, 2.24) is 5.32 Å². The first kappa shape index (κ1) is 13.5. The number of methoxy groups -OCH3 is 1. The highest BCUT2D eigenvalue weighted by atomic mass is 16.5. The molecule has 0 aromatic heterocycles. The highest BCUT2D eigenvalue weighted by molar-refractivity contribution is 5.90. The lowest BCUT2D eigenvalue weighted by molar-refractivity contribution is -0.137. The van der Waals surface area contributed by atoms with E-state index < -0.39 is 5.97 Å². The fourth-order valence-corrected chi connectivity index (χ4v) is 2.46. The van der Waals surface area contributed by atoms with Crippen molar-refractivity contribution in [2.45, 2.75) is 24.8 Å². The maximum absolute atomic E-state index is 11.9. The number of benzene rings is 1. The van der Waals surface area contributed by atoms with E-state index in [1.54, 1.807) is 7.11 Å². The monoisotopic (exact) mass is 263 g/mol. The highest BCUT2D eigenvalue weighted by Crippen LogP contribution is 2.29. The molecule has 1 fully saturated rings. The Balaban J connectivity index is 2.13. The van der Waals surface area contributed by atoms with Crippen molar-refractivity contribution in [3.05, 3.63) is 29.8 Å². The number of carboxylic acid groups (broad SMARTS) is 1. The molecule has 5 nitrogen and oxygen atoms in total. The standard InChI is InChI=1S/C14H17NO4/c1-19-10-4-2-9(3-5-10)14-11(6-7-13(17)18)15-8-12(14)16/h2-5,11,14-15H,6-8H2,1H3,(H,17,18)/t11-,14?/m0/s1. The number of Topliss-reactive ketones (excluding diaryl/α,β-unsaturated/α-hetero) is 1. The fraction of sp³-hybridized carbons (Fsp3) is 0.429. The highest BCUT2D eigenvalue weighted by Gasteiger charge is 2.35. The number of carboxylic acids is 1. The normalized spacial score (nSPS) is 22.5. The summed E-state index contributed by atoms with van der Waals surface area (Å²) in [7, 11) is 1.59. The van der Waals surface area contributed by atoms with Crippen molar-refractivity contribution < 1.29 is 19.4 Å². The van der Waals surface area contributed by atoms with Gasteiger partial charge >= 0.3 is 5.97 Å². The largest absolute Gasteiger partial charge is 0.497 e. The minimum Gasteiger partial charge on any atom is -0.497 e. The van der Waals surface area contributed by atoms with Gasteiger partial charge in [0.05, 0.1) is 19.6 Å². The molecule has 0 aliphatic carbocycles. The lowest BCUT2D eigenvalue weighted by atomic mass is 9.89. The number of rotatable bonds is 5. The zero-order chi connectivity index (χ0) is 13.8. The minimum atomic E-state index is -0.838. The van der Waals surface area contributed by atoms with Crippen LogP contribution in [-0.4, -0.2) is 36.6 Å². The number of ether oxygens (including phenoxy) is 1. The Labute approximate surface area is 111 Å². The minimum absolute atomic E-state index is 0.0671. The Kier molecular flexibility index (Phi) is 4.16. The van der Waals surface area contributed by atoms with Gasteiger partial charge in [-0.05, 0) is 24.1 Å². The van der Waals surface area contributed by atoms with Gasteiger partial charge in [0.25, 0.3) is 0 Å². The molecule has 1 aliphatic rings. The number of carbonyl (C=O) groups is 2.